The van der Waals surface area contributed by atoms with Crippen molar-refractivity contribution in [2.75, 3.05) is 4.90 Å². The lowest BCUT2D eigenvalue weighted by Gasteiger charge is -2.55. The number of piperidine rings is 1. The van der Waals surface area contributed by atoms with E-state index in [2.05, 4.69) is 121 Å². The normalized spacial score (nSPS) is 20.0. The zero-order valence-electron chi connectivity index (χ0n) is 52.1. The van der Waals surface area contributed by atoms with Crippen molar-refractivity contribution in [2.45, 2.75) is 231 Å². The first-order chi connectivity index (χ1) is 39.3. The number of hydrogen-bond donors (Lipinski definition) is 3. The maximum atomic E-state index is 14.7. The Hall–Kier alpha value is -6.35. The number of carbonyl (C=O) groups is 3. The summed E-state index contributed by atoms with van der Waals surface area (Å²) in [5, 5.41) is 10.4. The van der Waals surface area contributed by atoms with Crippen molar-refractivity contribution in [1.29, 1.82) is 0 Å². The molecule has 2 fully saturated rings. The molecule has 3 aliphatic heterocycles. The summed E-state index contributed by atoms with van der Waals surface area (Å²) in [6, 6.07) is 21.8. The summed E-state index contributed by atoms with van der Waals surface area (Å²) in [6.45, 7) is 25.9. The SMILES string of the molecule is CCCCCCC1=C(C)c2nc1cc1[nH]c(c(C)c1CCCCCC)c(-c1ccc(C)cc1)c1nc(cc3[nH]c(c(C)c3CCCCCC)c2-c2ccc(N3C(=O)[C@@]4(C)CC(C)(C(=O)O)C[C@](C)(C4)C3=O)cc2)C(CCCCCC)=C1C. The summed E-state index contributed by atoms with van der Waals surface area (Å²) in [7, 11) is 0. The van der Waals surface area contributed by atoms with Gasteiger partial charge in [-0.3, -0.25) is 14.4 Å². The third-order valence-electron chi connectivity index (χ3n) is 19.2. The number of imide groups is 1. The van der Waals surface area contributed by atoms with Gasteiger partial charge in [0, 0.05) is 33.0 Å². The number of carboxylic acids is 1. The predicted octanol–water partition coefficient (Wildman–Crippen LogP) is 19.8. The number of nitrogens with one attached hydrogen (secondary N) is 2. The van der Waals surface area contributed by atoms with Gasteiger partial charge >= 0.3 is 5.97 Å². The Morgan fingerprint density at radius 1 is 0.524 bits per heavy atom. The second kappa shape index (κ2) is 25.2. The molecule has 82 heavy (non-hydrogen) atoms. The van der Waals surface area contributed by atoms with Crippen LogP contribution in [-0.4, -0.2) is 42.8 Å². The lowest BCUT2D eigenvalue weighted by molar-refractivity contribution is -0.167. The van der Waals surface area contributed by atoms with E-state index in [-0.39, 0.29) is 24.7 Å². The van der Waals surface area contributed by atoms with Gasteiger partial charge in [0.25, 0.3) is 0 Å². The highest BCUT2D eigenvalue weighted by atomic mass is 16.4. The lowest BCUT2D eigenvalue weighted by atomic mass is 9.52. The smallest absolute Gasteiger partial charge is 0.309 e. The molecule has 3 N–H and O–H groups in total. The third kappa shape index (κ3) is 11.8. The highest BCUT2D eigenvalue weighted by Gasteiger charge is 2.63. The van der Waals surface area contributed by atoms with E-state index in [1.54, 1.807) is 6.92 Å². The van der Waals surface area contributed by atoms with E-state index in [9.17, 15) is 19.5 Å². The van der Waals surface area contributed by atoms with E-state index in [0.29, 0.717) is 12.1 Å². The molecule has 1 unspecified atom stereocenters. The van der Waals surface area contributed by atoms with Gasteiger partial charge in [0.15, 0.2) is 0 Å². The number of aliphatic carboxylic acids is 1. The van der Waals surface area contributed by atoms with Gasteiger partial charge in [0.2, 0.25) is 11.8 Å². The molecule has 1 saturated heterocycles. The monoisotopic (exact) mass is 1110 g/mol. The van der Waals surface area contributed by atoms with Crippen molar-refractivity contribution >= 4 is 67.8 Å². The van der Waals surface area contributed by atoms with E-state index < -0.39 is 22.2 Å². The Kier molecular flexibility index (Phi) is 18.5. The summed E-state index contributed by atoms with van der Waals surface area (Å²) >= 11 is 0. The maximum absolute atomic E-state index is 14.7. The number of nitrogens with zero attached hydrogens (tertiary/aromatic N) is 3. The van der Waals surface area contributed by atoms with Crippen LogP contribution in [0.4, 0.5) is 5.69 Å². The minimum Gasteiger partial charge on any atom is -0.481 e. The Labute approximate surface area is 490 Å². The van der Waals surface area contributed by atoms with Crippen LogP contribution in [-0.2, 0) is 27.2 Å². The molecule has 1 saturated carbocycles. The summed E-state index contributed by atoms with van der Waals surface area (Å²) in [4.78, 5) is 63.5. The topological polar surface area (TPSA) is 132 Å². The highest BCUT2D eigenvalue weighted by Crippen LogP contribution is 2.59. The van der Waals surface area contributed by atoms with Crippen molar-refractivity contribution in [3.8, 4) is 22.3 Å². The lowest BCUT2D eigenvalue weighted by Crippen LogP contribution is -2.64. The van der Waals surface area contributed by atoms with Gasteiger partial charge in [-0.15, -0.1) is 0 Å². The fraction of sp³-hybridized carbons (Fsp3) is 0.521. The third-order valence-corrected chi connectivity index (χ3v) is 19.2. The average Bonchev–Trinajstić information content (AvgIpc) is 1.46. The molecule has 5 aromatic rings. The molecule has 9 rings (SSSR count). The van der Waals surface area contributed by atoms with Crippen molar-refractivity contribution in [2.24, 2.45) is 16.2 Å². The fourth-order valence-corrected chi connectivity index (χ4v) is 14.8. The van der Waals surface area contributed by atoms with Crippen LogP contribution in [0.2, 0.25) is 0 Å². The minimum absolute atomic E-state index is 0.176. The van der Waals surface area contributed by atoms with Gasteiger partial charge in [0.1, 0.15) is 0 Å². The van der Waals surface area contributed by atoms with Crippen LogP contribution >= 0.6 is 0 Å². The largest absolute Gasteiger partial charge is 0.481 e. The number of H-pyrrole nitrogens is 2. The Balaban J connectivity index is 1.38. The maximum Gasteiger partial charge on any atom is 0.309 e. The molecule has 9 heteroatoms. The molecule has 9 nitrogen and oxygen atoms in total. The second-order valence-corrected chi connectivity index (χ2v) is 26.1. The van der Waals surface area contributed by atoms with Crippen molar-refractivity contribution in [3.05, 3.63) is 111 Å². The molecule has 2 amide bonds. The summed E-state index contributed by atoms with van der Waals surface area (Å²) in [5.74, 6) is -1.63. The molecule has 0 radical (unpaired) electrons. The number of hydrogen-bond acceptors (Lipinski definition) is 5. The Morgan fingerprint density at radius 2 is 0.902 bits per heavy atom. The number of carbonyl (C=O) groups excluding carboxylic acids is 2. The minimum atomic E-state index is -1.18. The standard InChI is InChI=1S/C73H95N5O4/c1-13-17-21-25-29-54-47(6)64-62(51-35-33-46(5)34-36-51)65-48(7)55(30-26-22-18-14-2)59(75-65)42-61-57(32-28-24-20-16-4)50(9)67(77-61)63(66-49(8)56(31-27-23-19-15-3)60(76-66)41-58(54)74-64)52-37-39-53(40-38-52)78-68(79)71(10)43-72(11,69(78)80)45-73(12,44-71)70(81)82/h33-42,74,77H,13-32,43-45H2,1-12H3,(H,81,82)/t71-,72+,73?. The zero-order valence-corrected chi connectivity index (χ0v) is 52.1. The summed E-state index contributed by atoms with van der Waals surface area (Å²) in [5.41, 5.74) is 21.2. The van der Waals surface area contributed by atoms with Gasteiger partial charge in [-0.2, -0.15) is 0 Å². The number of amides is 2. The molecule has 6 heterocycles. The highest BCUT2D eigenvalue weighted by molar-refractivity contribution is 6.21. The summed E-state index contributed by atoms with van der Waals surface area (Å²) in [6.07, 6.45) is 22.8. The number of anilines is 1. The van der Waals surface area contributed by atoms with Gasteiger partial charge in [-0.1, -0.05) is 161 Å². The number of fused-ring (bicyclic) bond motifs is 10. The molecule has 3 aromatic heterocycles. The van der Waals surface area contributed by atoms with E-state index in [1.165, 1.54) is 106 Å². The quantitative estimate of drug-likeness (QED) is 0.0416. The van der Waals surface area contributed by atoms with Crippen LogP contribution in [0.1, 0.15) is 248 Å². The van der Waals surface area contributed by atoms with Crippen LogP contribution in [0.15, 0.2) is 60.7 Å². The molecule has 10 bridgehead atoms. The molecule has 2 aromatic carbocycles. The van der Waals surface area contributed by atoms with Gasteiger partial charge < -0.3 is 15.1 Å². The van der Waals surface area contributed by atoms with Crippen LogP contribution in [0.5, 0.6) is 0 Å². The van der Waals surface area contributed by atoms with Crippen LogP contribution in [0, 0.1) is 37.0 Å². The zero-order chi connectivity index (χ0) is 58.7. The molecule has 4 aliphatic rings. The number of aryl methyl sites for hydroxylation is 5. The molecule has 0 spiro atoms. The molecule has 3 atom stereocenters. The van der Waals surface area contributed by atoms with Crippen LogP contribution in [0.3, 0.4) is 0 Å². The molecular weight excluding hydrogens is 1010 g/mol. The Bertz CT molecular complexity index is 3430. The number of aromatic amines is 2. The summed E-state index contributed by atoms with van der Waals surface area (Å²) < 4.78 is 0. The Morgan fingerprint density at radius 3 is 1.28 bits per heavy atom. The average molecular weight is 1110 g/mol. The first kappa shape index (κ1) is 60.2. The number of aromatic nitrogens is 4. The first-order valence-electron chi connectivity index (χ1n) is 31.8. The number of rotatable bonds is 24. The van der Waals surface area contributed by atoms with E-state index >= 15 is 0 Å². The number of benzene rings is 2. The fourth-order valence-electron chi connectivity index (χ4n) is 14.8. The number of carboxylic acid groups (broad SMARTS) is 1. The van der Waals surface area contributed by atoms with Crippen molar-refractivity contribution < 1.29 is 19.5 Å². The van der Waals surface area contributed by atoms with Gasteiger partial charge in [-0.05, 0) is 192 Å². The van der Waals surface area contributed by atoms with Crippen molar-refractivity contribution in [3.63, 3.8) is 0 Å². The number of allylic oxidation sites excluding steroid dienone is 4. The predicted molar refractivity (Wildman–Crippen MR) is 343 cm³/mol. The molecular formula is C73H95N5O4. The van der Waals surface area contributed by atoms with E-state index in [1.807, 2.05) is 26.0 Å². The van der Waals surface area contributed by atoms with Crippen molar-refractivity contribution in [1.82, 2.24) is 19.9 Å². The van der Waals surface area contributed by atoms with Crippen LogP contribution in [0.25, 0.3) is 66.6 Å². The van der Waals surface area contributed by atoms with E-state index in [0.717, 1.165) is 144 Å². The molecule has 436 valence electrons. The van der Waals surface area contributed by atoms with E-state index in [4.69, 9.17) is 9.97 Å². The van der Waals surface area contributed by atoms with Gasteiger partial charge in [-0.25, -0.2) is 14.9 Å². The van der Waals surface area contributed by atoms with Crippen LogP contribution < -0.4 is 4.90 Å². The second-order valence-electron chi connectivity index (χ2n) is 26.1. The first-order valence-corrected chi connectivity index (χ1v) is 31.8. The van der Waals surface area contributed by atoms with Gasteiger partial charge in [0.05, 0.1) is 44.9 Å². The number of unbranched alkanes of at least 4 members (excludes halogenated alkanes) is 12. The molecule has 1 aliphatic carbocycles.